The molecule has 2 N–H and O–H groups in total. The number of hydrazone groups is 1. The molecule has 23 heavy (non-hydrogen) atoms. The minimum Gasteiger partial charge on any atom is -0.494 e. The third kappa shape index (κ3) is 4.54. The van der Waals surface area contributed by atoms with Crippen LogP contribution in [-0.2, 0) is 18.9 Å². The van der Waals surface area contributed by atoms with Crippen LogP contribution in [0, 0.1) is 0 Å². The summed E-state index contributed by atoms with van der Waals surface area (Å²) in [7, 11) is 2.66. The van der Waals surface area contributed by atoms with Crippen molar-refractivity contribution in [3.63, 3.8) is 0 Å². The Morgan fingerprint density at radius 3 is 2.43 bits per heavy atom. The van der Waals surface area contributed by atoms with Crippen molar-refractivity contribution in [2.45, 2.75) is 46.0 Å². The van der Waals surface area contributed by atoms with Crippen molar-refractivity contribution >= 4 is 11.6 Å². The Morgan fingerprint density at radius 1 is 1.17 bits per heavy atom. The summed E-state index contributed by atoms with van der Waals surface area (Å²) in [6.45, 7) is 3.58. The largest absolute Gasteiger partial charge is 0.494 e. The number of nitrogens with one attached hydrogen (secondary N) is 1. The highest BCUT2D eigenvalue weighted by Crippen LogP contribution is 2.09. The normalized spacial score (nSPS) is 11.6. The van der Waals surface area contributed by atoms with Gasteiger partial charge in [0.1, 0.15) is 5.56 Å². The molecule has 0 aliphatic heterocycles. The molecule has 128 valence electrons. The number of unbranched alkanes of at least 4 members (excludes halogenated alkanes) is 3. The highest BCUT2D eigenvalue weighted by Gasteiger charge is 2.17. The molecule has 0 aromatic carbocycles. The quantitative estimate of drug-likeness (QED) is 0.435. The van der Waals surface area contributed by atoms with Crippen molar-refractivity contribution in [2.75, 3.05) is 0 Å². The van der Waals surface area contributed by atoms with Crippen LogP contribution in [-0.4, -0.2) is 25.9 Å². The summed E-state index contributed by atoms with van der Waals surface area (Å²) in [6.07, 6.45) is 4.29. The molecule has 0 fully saturated rings. The summed E-state index contributed by atoms with van der Waals surface area (Å²) in [6, 6.07) is 0. The molecular weight excluding hydrogens is 300 g/mol. The SMILES string of the molecule is CCCCCCC(=O)N/N=C(\C)c1c(O)n(C)c(=O)n(C)c1=O. The summed E-state index contributed by atoms with van der Waals surface area (Å²) < 4.78 is 1.82. The van der Waals surface area contributed by atoms with E-state index in [1.165, 1.54) is 21.0 Å². The number of aromatic hydroxyl groups is 1. The highest BCUT2D eigenvalue weighted by atomic mass is 16.3. The number of hydrogen-bond donors (Lipinski definition) is 2. The Morgan fingerprint density at radius 2 is 1.83 bits per heavy atom. The smallest absolute Gasteiger partial charge is 0.333 e. The fourth-order valence-corrected chi connectivity index (χ4v) is 2.12. The molecule has 1 heterocycles. The number of hydrogen-bond acceptors (Lipinski definition) is 5. The molecule has 0 unspecified atom stereocenters. The van der Waals surface area contributed by atoms with Crippen molar-refractivity contribution < 1.29 is 9.90 Å². The Hall–Kier alpha value is -2.38. The molecule has 0 saturated heterocycles. The van der Waals surface area contributed by atoms with Gasteiger partial charge in [0.05, 0.1) is 5.71 Å². The van der Waals surface area contributed by atoms with E-state index in [0.29, 0.717) is 6.42 Å². The van der Waals surface area contributed by atoms with Gasteiger partial charge in [0.15, 0.2) is 0 Å². The zero-order valence-corrected chi connectivity index (χ0v) is 14.0. The van der Waals surface area contributed by atoms with E-state index in [0.717, 1.165) is 34.8 Å². The third-order valence-electron chi connectivity index (χ3n) is 3.60. The van der Waals surface area contributed by atoms with Gasteiger partial charge in [-0.2, -0.15) is 5.10 Å². The summed E-state index contributed by atoms with van der Waals surface area (Å²) >= 11 is 0. The summed E-state index contributed by atoms with van der Waals surface area (Å²) in [5.41, 5.74) is 1.10. The average Bonchev–Trinajstić information content (AvgIpc) is 2.53. The van der Waals surface area contributed by atoms with Gasteiger partial charge in [-0.15, -0.1) is 0 Å². The van der Waals surface area contributed by atoms with Crippen LogP contribution in [0.2, 0.25) is 0 Å². The predicted molar refractivity (Wildman–Crippen MR) is 87.7 cm³/mol. The standard InChI is InChI=1S/C15H24N4O4/c1-5-6-7-8-9-11(20)17-16-10(2)12-13(21)18(3)15(23)19(4)14(12)22/h21H,5-9H2,1-4H3,(H,17,20)/b16-10+. The van der Waals surface area contributed by atoms with Gasteiger partial charge in [-0.05, 0) is 13.3 Å². The molecule has 0 bridgehead atoms. The van der Waals surface area contributed by atoms with Crippen LogP contribution in [0.25, 0.3) is 0 Å². The van der Waals surface area contributed by atoms with Gasteiger partial charge in [-0.25, -0.2) is 10.2 Å². The van der Waals surface area contributed by atoms with Gasteiger partial charge in [0, 0.05) is 20.5 Å². The lowest BCUT2D eigenvalue weighted by Crippen LogP contribution is -2.40. The topological polar surface area (TPSA) is 106 Å². The Labute approximate surface area is 134 Å². The first-order chi connectivity index (χ1) is 10.8. The van der Waals surface area contributed by atoms with Crippen LogP contribution in [0.4, 0.5) is 0 Å². The van der Waals surface area contributed by atoms with E-state index in [9.17, 15) is 19.5 Å². The van der Waals surface area contributed by atoms with Crippen molar-refractivity contribution in [3.8, 4) is 5.88 Å². The second-order valence-corrected chi connectivity index (χ2v) is 5.45. The zero-order valence-electron chi connectivity index (χ0n) is 14.0. The van der Waals surface area contributed by atoms with Gasteiger partial charge in [0.2, 0.25) is 11.8 Å². The highest BCUT2D eigenvalue weighted by molar-refractivity contribution is 6.00. The average molecular weight is 324 g/mol. The maximum Gasteiger partial charge on any atom is 0.333 e. The predicted octanol–water partition coefficient (Wildman–Crippen LogP) is 0.600. The lowest BCUT2D eigenvalue weighted by Gasteiger charge is -2.10. The molecule has 0 atom stereocenters. The molecule has 8 heteroatoms. The number of carbonyl (C=O) groups is 1. The lowest BCUT2D eigenvalue weighted by molar-refractivity contribution is -0.121. The van der Waals surface area contributed by atoms with E-state index >= 15 is 0 Å². The molecule has 0 spiro atoms. The van der Waals surface area contributed by atoms with Crippen molar-refractivity contribution in [1.29, 1.82) is 0 Å². The molecule has 8 nitrogen and oxygen atoms in total. The van der Waals surface area contributed by atoms with Crippen LogP contribution in [0.1, 0.15) is 51.5 Å². The number of amides is 1. The fraction of sp³-hybridized carbons (Fsp3) is 0.600. The summed E-state index contributed by atoms with van der Waals surface area (Å²) in [5.74, 6) is -0.724. The fourth-order valence-electron chi connectivity index (χ4n) is 2.12. The molecule has 1 aromatic rings. The van der Waals surface area contributed by atoms with Crippen LogP contribution in [0.3, 0.4) is 0 Å². The van der Waals surface area contributed by atoms with E-state index in [1.807, 2.05) is 0 Å². The lowest BCUT2D eigenvalue weighted by atomic mass is 10.1. The second kappa shape index (κ2) is 8.30. The van der Waals surface area contributed by atoms with Gasteiger partial charge in [0.25, 0.3) is 5.56 Å². The van der Waals surface area contributed by atoms with Crippen molar-refractivity contribution in [1.82, 2.24) is 14.6 Å². The molecule has 0 saturated carbocycles. The van der Waals surface area contributed by atoms with Crippen molar-refractivity contribution in [3.05, 3.63) is 26.4 Å². The van der Waals surface area contributed by atoms with Crippen LogP contribution in [0.15, 0.2) is 14.7 Å². The second-order valence-electron chi connectivity index (χ2n) is 5.45. The van der Waals surface area contributed by atoms with Gasteiger partial charge in [-0.3, -0.25) is 18.7 Å². The Kier molecular flexibility index (Phi) is 6.74. The number of aromatic nitrogens is 2. The van der Waals surface area contributed by atoms with Crippen LogP contribution in [0.5, 0.6) is 5.88 Å². The zero-order chi connectivity index (χ0) is 17.6. The molecule has 0 aliphatic carbocycles. The van der Waals surface area contributed by atoms with E-state index in [-0.39, 0.29) is 17.2 Å². The van der Waals surface area contributed by atoms with Crippen LogP contribution >= 0.6 is 0 Å². The third-order valence-corrected chi connectivity index (χ3v) is 3.60. The van der Waals surface area contributed by atoms with Crippen molar-refractivity contribution in [2.24, 2.45) is 19.2 Å². The monoisotopic (exact) mass is 324 g/mol. The minimum atomic E-state index is -0.663. The first kappa shape index (κ1) is 18.7. The van der Waals surface area contributed by atoms with E-state index in [1.54, 1.807) is 0 Å². The molecule has 1 aromatic heterocycles. The van der Waals surface area contributed by atoms with Gasteiger partial charge >= 0.3 is 5.69 Å². The summed E-state index contributed by atoms with van der Waals surface area (Å²) in [4.78, 5) is 35.4. The van der Waals surface area contributed by atoms with Gasteiger partial charge in [-0.1, -0.05) is 26.2 Å². The maximum atomic E-state index is 12.1. The van der Waals surface area contributed by atoms with Gasteiger partial charge < -0.3 is 5.11 Å². The Bertz CT molecular complexity index is 715. The first-order valence-electron chi connectivity index (χ1n) is 7.63. The molecular formula is C15H24N4O4. The minimum absolute atomic E-state index is 0.110. The molecule has 1 rings (SSSR count). The van der Waals surface area contributed by atoms with Crippen LogP contribution < -0.4 is 16.7 Å². The molecule has 0 radical (unpaired) electrons. The van der Waals surface area contributed by atoms with E-state index in [2.05, 4.69) is 17.5 Å². The maximum absolute atomic E-state index is 12.1. The number of rotatable bonds is 7. The first-order valence-corrected chi connectivity index (χ1v) is 7.63. The number of carbonyl (C=O) groups excluding carboxylic acids is 1. The summed E-state index contributed by atoms with van der Waals surface area (Å²) in [5, 5.41) is 13.8. The molecule has 1 amide bonds. The molecule has 0 aliphatic rings. The number of nitrogens with zero attached hydrogens (tertiary/aromatic N) is 3. The van der Waals surface area contributed by atoms with E-state index < -0.39 is 17.1 Å². The van der Waals surface area contributed by atoms with E-state index in [4.69, 9.17) is 0 Å². The Balaban J connectivity index is 2.90.